The van der Waals surface area contributed by atoms with Crippen LogP contribution in [-0.4, -0.2) is 21.1 Å². The van der Waals surface area contributed by atoms with Crippen LogP contribution in [0.25, 0.3) is 0 Å². The summed E-state index contributed by atoms with van der Waals surface area (Å²) in [6, 6.07) is 14.2. The lowest BCUT2D eigenvalue weighted by molar-refractivity contribution is 0.0996. The molecule has 0 spiro atoms. The minimum absolute atomic E-state index is 0.0822. The van der Waals surface area contributed by atoms with Crippen LogP contribution in [-0.2, 0) is 13.0 Å². The monoisotopic (exact) mass is 332 g/mol. The van der Waals surface area contributed by atoms with Crippen LogP contribution in [0.3, 0.4) is 0 Å². The fraction of sp³-hybridized carbons (Fsp3) is 0.250. The third kappa shape index (κ3) is 2.82. The van der Waals surface area contributed by atoms with Gasteiger partial charge in [0.15, 0.2) is 0 Å². The summed E-state index contributed by atoms with van der Waals surface area (Å²) in [6.07, 6.45) is 2.32. The second-order valence-corrected chi connectivity index (χ2v) is 6.62. The number of amides is 1. The summed E-state index contributed by atoms with van der Waals surface area (Å²) in [5.41, 5.74) is 5.26. The highest BCUT2D eigenvalue weighted by atomic mass is 16.2. The summed E-state index contributed by atoms with van der Waals surface area (Å²) >= 11 is 0. The van der Waals surface area contributed by atoms with E-state index in [-0.39, 0.29) is 11.8 Å². The molecule has 5 nitrogen and oxygen atoms in total. The maximum atomic E-state index is 12.8. The van der Waals surface area contributed by atoms with Crippen LogP contribution >= 0.6 is 0 Å². The first kappa shape index (κ1) is 15.6. The van der Waals surface area contributed by atoms with Crippen LogP contribution in [0.5, 0.6) is 0 Å². The minimum Gasteiger partial charge on any atom is -0.304 e. The number of hydrogen-bond acceptors (Lipinski definition) is 3. The van der Waals surface area contributed by atoms with Gasteiger partial charge in [-0.05, 0) is 47.7 Å². The largest absolute Gasteiger partial charge is 0.304 e. The molecule has 0 bridgehead atoms. The van der Waals surface area contributed by atoms with Crippen molar-refractivity contribution in [3.05, 3.63) is 76.9 Å². The second-order valence-electron chi connectivity index (χ2n) is 6.62. The van der Waals surface area contributed by atoms with Gasteiger partial charge in [-0.2, -0.15) is 5.10 Å². The first-order valence-corrected chi connectivity index (χ1v) is 8.48. The first-order valence-electron chi connectivity index (χ1n) is 8.48. The number of fused-ring (bicyclic) bond motifs is 1. The molecule has 1 N–H and O–H groups in total. The average Bonchev–Trinajstić information content (AvgIpc) is 3.24. The molecular formula is C20H20N4O. The molecule has 1 atom stereocenters. The lowest BCUT2D eigenvalue weighted by atomic mass is 9.97. The van der Waals surface area contributed by atoms with Gasteiger partial charge in [0, 0.05) is 17.7 Å². The number of carbonyl (C=O) groups is 1. The first-order chi connectivity index (χ1) is 12.1. The predicted octanol–water partition coefficient (Wildman–Crippen LogP) is 3.62. The Balaban J connectivity index is 1.60. The van der Waals surface area contributed by atoms with Gasteiger partial charge in [0.1, 0.15) is 12.2 Å². The molecule has 2 heterocycles. The molecule has 5 heteroatoms. The molecule has 2 aromatic carbocycles. The fourth-order valence-electron chi connectivity index (χ4n) is 3.43. The van der Waals surface area contributed by atoms with Crippen molar-refractivity contribution in [3.63, 3.8) is 0 Å². The van der Waals surface area contributed by atoms with Crippen molar-refractivity contribution in [1.29, 1.82) is 0 Å². The molecule has 1 aliphatic rings. The number of carbonyl (C=O) groups excluding carboxylic acids is 1. The van der Waals surface area contributed by atoms with E-state index < -0.39 is 0 Å². The van der Waals surface area contributed by atoms with E-state index in [4.69, 9.17) is 0 Å². The van der Waals surface area contributed by atoms with E-state index in [1.807, 2.05) is 29.2 Å². The molecule has 0 saturated heterocycles. The van der Waals surface area contributed by atoms with Crippen molar-refractivity contribution < 1.29 is 4.79 Å². The Kier molecular flexibility index (Phi) is 3.84. The third-order valence-electron chi connectivity index (χ3n) is 4.92. The predicted molar refractivity (Wildman–Crippen MR) is 96.6 cm³/mol. The maximum Gasteiger partial charge on any atom is 0.258 e. The number of hydrogen-bond donors (Lipinski definition) is 1. The Morgan fingerprint density at radius 3 is 2.84 bits per heavy atom. The zero-order valence-corrected chi connectivity index (χ0v) is 14.4. The van der Waals surface area contributed by atoms with Crippen molar-refractivity contribution in [2.24, 2.45) is 0 Å². The highest BCUT2D eigenvalue weighted by Crippen LogP contribution is 2.32. The van der Waals surface area contributed by atoms with Gasteiger partial charge in [0.25, 0.3) is 5.91 Å². The average molecular weight is 332 g/mol. The number of nitrogens with one attached hydrogen (secondary N) is 1. The van der Waals surface area contributed by atoms with E-state index in [0.29, 0.717) is 6.54 Å². The minimum atomic E-state index is 0.0822. The quantitative estimate of drug-likeness (QED) is 0.794. The molecule has 0 unspecified atom stereocenters. The zero-order chi connectivity index (χ0) is 17.4. The molecule has 0 saturated carbocycles. The highest BCUT2D eigenvalue weighted by molar-refractivity contribution is 6.10. The van der Waals surface area contributed by atoms with Gasteiger partial charge in [-0.15, -0.1) is 0 Å². The molecular weight excluding hydrogens is 312 g/mol. The number of aromatic amines is 1. The van der Waals surface area contributed by atoms with Gasteiger partial charge in [-0.25, -0.2) is 4.98 Å². The zero-order valence-electron chi connectivity index (χ0n) is 14.4. The molecule has 0 radical (unpaired) electrons. The van der Waals surface area contributed by atoms with E-state index in [2.05, 4.69) is 47.2 Å². The van der Waals surface area contributed by atoms with Gasteiger partial charge < -0.3 is 4.90 Å². The normalized spacial score (nSPS) is 14.6. The topological polar surface area (TPSA) is 61.9 Å². The lowest BCUT2D eigenvalue weighted by Gasteiger charge is -2.18. The summed E-state index contributed by atoms with van der Waals surface area (Å²) in [5, 5.41) is 6.81. The van der Waals surface area contributed by atoms with E-state index in [9.17, 15) is 4.79 Å². The van der Waals surface area contributed by atoms with Gasteiger partial charge in [0.2, 0.25) is 0 Å². The third-order valence-corrected chi connectivity index (χ3v) is 4.92. The number of aromatic nitrogens is 3. The summed E-state index contributed by atoms with van der Waals surface area (Å²) in [7, 11) is 0. The smallest absolute Gasteiger partial charge is 0.258 e. The van der Waals surface area contributed by atoms with Gasteiger partial charge >= 0.3 is 0 Å². The molecule has 1 amide bonds. The van der Waals surface area contributed by atoms with Gasteiger partial charge in [0.05, 0.1) is 6.54 Å². The van der Waals surface area contributed by atoms with Gasteiger partial charge in [-0.3, -0.25) is 9.89 Å². The van der Waals surface area contributed by atoms with Crippen LogP contribution in [0, 0.1) is 6.92 Å². The summed E-state index contributed by atoms with van der Waals surface area (Å²) in [6.45, 7) is 4.86. The van der Waals surface area contributed by atoms with Crippen molar-refractivity contribution >= 4 is 11.6 Å². The molecule has 0 fully saturated rings. The van der Waals surface area contributed by atoms with Crippen LogP contribution < -0.4 is 4.90 Å². The number of benzene rings is 2. The van der Waals surface area contributed by atoms with Gasteiger partial charge in [-0.1, -0.05) is 31.2 Å². The lowest BCUT2D eigenvalue weighted by Crippen LogP contribution is -2.23. The summed E-state index contributed by atoms with van der Waals surface area (Å²) < 4.78 is 0. The number of nitrogens with zero attached hydrogens (tertiary/aromatic N) is 3. The van der Waals surface area contributed by atoms with Crippen LogP contribution in [0.1, 0.15) is 45.7 Å². The molecule has 0 aliphatic carbocycles. The molecule has 1 aliphatic heterocycles. The molecule has 4 rings (SSSR count). The summed E-state index contributed by atoms with van der Waals surface area (Å²) in [4.78, 5) is 18.9. The van der Waals surface area contributed by atoms with E-state index in [1.165, 1.54) is 17.5 Å². The number of anilines is 1. The van der Waals surface area contributed by atoms with E-state index >= 15 is 0 Å². The number of rotatable bonds is 4. The van der Waals surface area contributed by atoms with E-state index in [0.717, 1.165) is 29.1 Å². The number of aryl methyl sites for hydroxylation is 1. The Morgan fingerprint density at radius 2 is 2.08 bits per heavy atom. The standard InChI is InChI=1S/C20H20N4O/c1-13-5-3-8-17-18(13)11-24(20(17)25)16-7-4-6-15(10-16)14(2)9-19-21-12-22-23-19/h3-8,10,12,14H,9,11H2,1-2H3,(H,21,22,23)/t14-/m1/s1. The Labute approximate surface area is 146 Å². The van der Waals surface area contributed by atoms with Crippen molar-refractivity contribution in [3.8, 4) is 0 Å². The van der Waals surface area contributed by atoms with Crippen LogP contribution in [0.2, 0.25) is 0 Å². The SMILES string of the molecule is Cc1cccc2c1CN(c1cccc([C@H](C)Cc3ncn[nH]3)c1)C2=O. The maximum absolute atomic E-state index is 12.8. The Hall–Kier alpha value is -2.95. The van der Waals surface area contributed by atoms with Crippen LogP contribution in [0.15, 0.2) is 48.8 Å². The van der Waals surface area contributed by atoms with E-state index in [1.54, 1.807) is 0 Å². The molecule has 25 heavy (non-hydrogen) atoms. The fourth-order valence-corrected chi connectivity index (χ4v) is 3.43. The summed E-state index contributed by atoms with van der Waals surface area (Å²) in [5.74, 6) is 1.24. The van der Waals surface area contributed by atoms with Crippen molar-refractivity contribution in [2.75, 3.05) is 4.90 Å². The molecule has 126 valence electrons. The second kappa shape index (κ2) is 6.16. The van der Waals surface area contributed by atoms with Crippen LogP contribution in [0.4, 0.5) is 5.69 Å². The molecule has 1 aromatic heterocycles. The van der Waals surface area contributed by atoms with Crippen molar-refractivity contribution in [1.82, 2.24) is 15.2 Å². The Bertz CT molecular complexity index is 917. The molecule has 3 aromatic rings. The Morgan fingerprint density at radius 1 is 1.24 bits per heavy atom. The van der Waals surface area contributed by atoms with Crippen molar-refractivity contribution in [2.45, 2.75) is 32.7 Å². The highest BCUT2D eigenvalue weighted by Gasteiger charge is 2.29. The number of H-pyrrole nitrogens is 1.